The molecule has 0 spiro atoms. The van der Waals surface area contributed by atoms with Crippen molar-refractivity contribution in [3.63, 3.8) is 0 Å². The standard InChI is InChI=1S/C12H8ClF6N3/c13-7-1-2-9(21-8(7)5-20)22-4-3-10(6-22,11(14,15)16)12(17,18)19/h1-2H,3-4,6H2. The van der Waals surface area contributed by atoms with Crippen molar-refractivity contribution in [1.29, 1.82) is 5.26 Å². The summed E-state index contributed by atoms with van der Waals surface area (Å²) in [7, 11) is 0. The Hall–Kier alpha value is -1.69. The van der Waals surface area contributed by atoms with Crippen LogP contribution in [0.1, 0.15) is 12.1 Å². The third kappa shape index (κ3) is 2.56. The van der Waals surface area contributed by atoms with Gasteiger partial charge in [0.2, 0.25) is 0 Å². The minimum absolute atomic E-state index is 0.0247. The van der Waals surface area contributed by atoms with Crippen LogP contribution in [-0.2, 0) is 0 Å². The Morgan fingerprint density at radius 1 is 1.18 bits per heavy atom. The number of rotatable bonds is 1. The first kappa shape index (κ1) is 16.7. The molecule has 0 atom stereocenters. The molecule has 0 saturated carbocycles. The van der Waals surface area contributed by atoms with Crippen LogP contribution in [0, 0.1) is 16.7 Å². The number of hydrogen-bond donors (Lipinski definition) is 0. The molecule has 120 valence electrons. The fourth-order valence-corrected chi connectivity index (χ4v) is 2.46. The van der Waals surface area contributed by atoms with E-state index in [2.05, 4.69) is 4.98 Å². The van der Waals surface area contributed by atoms with E-state index in [0.717, 1.165) is 4.90 Å². The van der Waals surface area contributed by atoms with Crippen LogP contribution >= 0.6 is 11.6 Å². The summed E-state index contributed by atoms with van der Waals surface area (Å²) in [6.07, 6.45) is -12.0. The summed E-state index contributed by atoms with van der Waals surface area (Å²) in [6, 6.07) is 4.02. The number of nitriles is 1. The molecule has 1 aliphatic heterocycles. The number of aromatic nitrogens is 1. The van der Waals surface area contributed by atoms with Gasteiger partial charge in [-0.1, -0.05) is 11.6 Å². The maximum atomic E-state index is 13.0. The second-order valence-electron chi connectivity index (χ2n) is 4.86. The van der Waals surface area contributed by atoms with Gasteiger partial charge < -0.3 is 4.90 Å². The van der Waals surface area contributed by atoms with Crippen LogP contribution in [0.3, 0.4) is 0 Å². The van der Waals surface area contributed by atoms with E-state index in [0.29, 0.717) is 0 Å². The molecule has 0 unspecified atom stereocenters. The molecule has 1 aromatic heterocycles. The Bertz CT molecular complexity index is 605. The van der Waals surface area contributed by atoms with Gasteiger partial charge in [0, 0.05) is 13.1 Å². The topological polar surface area (TPSA) is 39.9 Å². The number of pyridine rings is 1. The fraction of sp³-hybridized carbons (Fsp3) is 0.500. The van der Waals surface area contributed by atoms with E-state index in [4.69, 9.17) is 16.9 Å². The summed E-state index contributed by atoms with van der Waals surface area (Å²) in [5.41, 5.74) is -4.05. The normalized spacial score (nSPS) is 18.4. The van der Waals surface area contributed by atoms with E-state index in [9.17, 15) is 26.3 Å². The Labute approximate surface area is 126 Å². The molecular formula is C12H8ClF6N3. The predicted octanol–water partition coefficient (Wildman–Crippen LogP) is 3.93. The monoisotopic (exact) mass is 343 g/mol. The quantitative estimate of drug-likeness (QED) is 0.725. The molecule has 0 aromatic carbocycles. The van der Waals surface area contributed by atoms with E-state index in [1.807, 2.05) is 0 Å². The number of halogens is 7. The summed E-state index contributed by atoms with van der Waals surface area (Å²) < 4.78 is 77.8. The van der Waals surface area contributed by atoms with Gasteiger partial charge in [-0.3, -0.25) is 0 Å². The van der Waals surface area contributed by atoms with Gasteiger partial charge in [0.15, 0.2) is 11.1 Å². The van der Waals surface area contributed by atoms with E-state index >= 15 is 0 Å². The van der Waals surface area contributed by atoms with Gasteiger partial charge in [0.1, 0.15) is 11.9 Å². The molecule has 1 fully saturated rings. The summed E-state index contributed by atoms with van der Waals surface area (Å²) in [6.45, 7) is -1.77. The summed E-state index contributed by atoms with van der Waals surface area (Å²) >= 11 is 5.64. The highest BCUT2D eigenvalue weighted by Crippen LogP contribution is 2.55. The zero-order chi connectivity index (χ0) is 16.8. The van der Waals surface area contributed by atoms with Crippen molar-refractivity contribution >= 4 is 17.4 Å². The molecule has 0 bridgehead atoms. The van der Waals surface area contributed by atoms with Crippen molar-refractivity contribution in [3.8, 4) is 6.07 Å². The van der Waals surface area contributed by atoms with Crippen molar-refractivity contribution in [2.24, 2.45) is 5.41 Å². The predicted molar refractivity (Wildman–Crippen MR) is 65.3 cm³/mol. The molecule has 1 saturated heterocycles. The average molecular weight is 344 g/mol. The number of anilines is 1. The van der Waals surface area contributed by atoms with Crippen LogP contribution in [-0.4, -0.2) is 30.4 Å². The Morgan fingerprint density at radius 2 is 1.77 bits per heavy atom. The molecule has 2 heterocycles. The van der Waals surface area contributed by atoms with Crippen LogP contribution in [0.15, 0.2) is 12.1 Å². The molecule has 0 N–H and O–H groups in total. The van der Waals surface area contributed by atoms with Gasteiger partial charge >= 0.3 is 12.4 Å². The Morgan fingerprint density at radius 3 is 2.23 bits per heavy atom. The largest absolute Gasteiger partial charge is 0.404 e. The molecular weight excluding hydrogens is 336 g/mol. The minimum atomic E-state index is -5.43. The first-order chi connectivity index (χ1) is 10.0. The molecule has 22 heavy (non-hydrogen) atoms. The van der Waals surface area contributed by atoms with E-state index < -0.39 is 37.3 Å². The van der Waals surface area contributed by atoms with Crippen molar-refractivity contribution < 1.29 is 26.3 Å². The maximum Gasteiger partial charge on any atom is 0.404 e. The Balaban J connectivity index is 2.38. The summed E-state index contributed by atoms with van der Waals surface area (Å²) in [4.78, 5) is 4.56. The third-order valence-electron chi connectivity index (χ3n) is 3.62. The highest BCUT2D eigenvalue weighted by atomic mass is 35.5. The first-order valence-electron chi connectivity index (χ1n) is 5.97. The van der Waals surface area contributed by atoms with Crippen molar-refractivity contribution in [3.05, 3.63) is 22.8 Å². The van der Waals surface area contributed by atoms with Crippen LogP contribution in [0.25, 0.3) is 0 Å². The highest BCUT2D eigenvalue weighted by Gasteiger charge is 2.72. The van der Waals surface area contributed by atoms with Crippen molar-refractivity contribution in [1.82, 2.24) is 4.98 Å². The van der Waals surface area contributed by atoms with Crippen LogP contribution in [0.5, 0.6) is 0 Å². The van der Waals surface area contributed by atoms with Gasteiger partial charge in [0.25, 0.3) is 0 Å². The maximum absolute atomic E-state index is 13.0. The van der Waals surface area contributed by atoms with Crippen LogP contribution in [0.4, 0.5) is 32.2 Å². The van der Waals surface area contributed by atoms with E-state index in [1.165, 1.54) is 12.1 Å². The lowest BCUT2D eigenvalue weighted by molar-refractivity contribution is -0.332. The lowest BCUT2D eigenvalue weighted by Gasteiger charge is -2.33. The molecule has 2 rings (SSSR count). The smallest absolute Gasteiger partial charge is 0.355 e. The van der Waals surface area contributed by atoms with Gasteiger partial charge in [-0.25, -0.2) is 4.98 Å². The molecule has 0 amide bonds. The van der Waals surface area contributed by atoms with Gasteiger partial charge in [0.05, 0.1) is 5.02 Å². The number of alkyl halides is 6. The molecule has 1 aromatic rings. The second-order valence-corrected chi connectivity index (χ2v) is 5.27. The molecule has 3 nitrogen and oxygen atoms in total. The molecule has 0 radical (unpaired) electrons. The highest BCUT2D eigenvalue weighted by molar-refractivity contribution is 6.31. The average Bonchev–Trinajstić information content (AvgIpc) is 2.85. The summed E-state index contributed by atoms with van der Waals surface area (Å²) in [5, 5.41) is 8.75. The van der Waals surface area contributed by atoms with Crippen LogP contribution < -0.4 is 4.90 Å². The SMILES string of the molecule is N#Cc1nc(N2CCC(C(F)(F)F)(C(F)(F)F)C2)ccc1Cl. The third-order valence-corrected chi connectivity index (χ3v) is 3.92. The first-order valence-corrected chi connectivity index (χ1v) is 6.35. The Kier molecular flexibility index (Phi) is 3.94. The molecule has 10 heteroatoms. The van der Waals surface area contributed by atoms with E-state index in [1.54, 1.807) is 6.07 Å². The fourth-order valence-electron chi connectivity index (χ4n) is 2.32. The zero-order valence-electron chi connectivity index (χ0n) is 10.8. The molecule has 1 aliphatic rings. The van der Waals surface area contributed by atoms with E-state index in [-0.39, 0.29) is 16.5 Å². The second kappa shape index (κ2) is 5.19. The van der Waals surface area contributed by atoms with Gasteiger partial charge in [-0.15, -0.1) is 0 Å². The zero-order valence-corrected chi connectivity index (χ0v) is 11.5. The molecule has 0 aliphatic carbocycles. The summed E-state index contributed by atoms with van der Waals surface area (Å²) in [5.74, 6) is -0.142. The van der Waals surface area contributed by atoms with Gasteiger partial charge in [-0.2, -0.15) is 31.6 Å². The van der Waals surface area contributed by atoms with Crippen molar-refractivity contribution in [2.45, 2.75) is 18.8 Å². The number of nitrogens with zero attached hydrogens (tertiary/aromatic N) is 3. The minimum Gasteiger partial charge on any atom is -0.355 e. The van der Waals surface area contributed by atoms with Crippen LogP contribution in [0.2, 0.25) is 5.02 Å². The van der Waals surface area contributed by atoms with Crippen molar-refractivity contribution in [2.75, 3.05) is 18.0 Å². The number of hydrogen-bond acceptors (Lipinski definition) is 3. The lowest BCUT2D eigenvalue weighted by atomic mass is 9.85. The lowest BCUT2D eigenvalue weighted by Crippen LogP contribution is -2.51. The van der Waals surface area contributed by atoms with Gasteiger partial charge in [-0.05, 0) is 18.6 Å².